The van der Waals surface area contributed by atoms with Gasteiger partial charge in [-0.25, -0.2) is 0 Å². The molecule has 86 valence electrons. The average molecular weight is 211 g/mol. The van der Waals surface area contributed by atoms with Crippen molar-refractivity contribution in [3.05, 3.63) is 0 Å². The first-order chi connectivity index (χ1) is 6.97. The largest absolute Gasteiger partial charge is 0.460 e. The van der Waals surface area contributed by atoms with Gasteiger partial charge in [-0.15, -0.1) is 0 Å². The van der Waals surface area contributed by atoms with Gasteiger partial charge in [0.1, 0.15) is 5.60 Å². The molecule has 2 aliphatic rings. The minimum absolute atomic E-state index is 0.0133. The lowest BCUT2D eigenvalue weighted by Crippen LogP contribution is -2.25. The maximum Gasteiger partial charge on any atom is 0.309 e. The quantitative estimate of drug-likeness (QED) is 0.705. The fraction of sp³-hybridized carbons (Fsp3) is 0.917. The summed E-state index contributed by atoms with van der Waals surface area (Å²) in [6, 6.07) is 0. The van der Waals surface area contributed by atoms with Crippen molar-refractivity contribution in [3.63, 3.8) is 0 Å². The lowest BCUT2D eigenvalue weighted by molar-refractivity contribution is -0.157. The normalized spacial score (nSPS) is 35.3. The van der Waals surface area contributed by atoms with Gasteiger partial charge in [-0.2, -0.15) is 0 Å². The molecule has 3 atom stereocenters. The number of hydrogen-bond donors (Lipinski definition) is 1. The Bertz CT molecular complexity index is 251. The third kappa shape index (κ3) is 2.71. The molecule has 1 N–H and O–H groups in total. The molecule has 1 aliphatic heterocycles. The molecule has 3 nitrogen and oxygen atoms in total. The Balaban J connectivity index is 1.80. The predicted molar refractivity (Wildman–Crippen MR) is 58.4 cm³/mol. The van der Waals surface area contributed by atoms with Crippen LogP contribution in [-0.4, -0.2) is 24.7 Å². The maximum absolute atomic E-state index is 11.7. The smallest absolute Gasteiger partial charge is 0.309 e. The summed E-state index contributed by atoms with van der Waals surface area (Å²) in [5.41, 5.74) is -0.335. The number of carbonyl (C=O) groups is 1. The molecule has 0 aromatic carbocycles. The van der Waals surface area contributed by atoms with Crippen LogP contribution >= 0.6 is 0 Å². The highest BCUT2D eigenvalue weighted by molar-refractivity contribution is 5.76. The van der Waals surface area contributed by atoms with Gasteiger partial charge in [0, 0.05) is 0 Å². The lowest BCUT2D eigenvalue weighted by Gasteiger charge is -2.19. The predicted octanol–water partition coefficient (Wildman–Crippen LogP) is 1.57. The molecule has 15 heavy (non-hydrogen) atoms. The van der Waals surface area contributed by atoms with Crippen LogP contribution in [0.3, 0.4) is 0 Å². The molecule has 1 aliphatic carbocycles. The monoisotopic (exact) mass is 211 g/mol. The zero-order valence-corrected chi connectivity index (χ0v) is 9.88. The first-order valence-corrected chi connectivity index (χ1v) is 5.91. The summed E-state index contributed by atoms with van der Waals surface area (Å²) in [7, 11) is 0. The van der Waals surface area contributed by atoms with Gasteiger partial charge in [0.25, 0.3) is 0 Å². The number of ether oxygens (including phenoxy) is 1. The van der Waals surface area contributed by atoms with Crippen LogP contribution in [0.5, 0.6) is 0 Å². The summed E-state index contributed by atoms with van der Waals surface area (Å²) >= 11 is 0. The number of esters is 1. The van der Waals surface area contributed by atoms with Crippen LogP contribution in [-0.2, 0) is 9.53 Å². The van der Waals surface area contributed by atoms with Crippen LogP contribution in [0.2, 0.25) is 0 Å². The van der Waals surface area contributed by atoms with E-state index >= 15 is 0 Å². The maximum atomic E-state index is 11.7. The molecular weight excluding hydrogens is 190 g/mol. The van der Waals surface area contributed by atoms with Crippen LogP contribution in [0.15, 0.2) is 0 Å². The fourth-order valence-corrected chi connectivity index (χ4v) is 2.43. The van der Waals surface area contributed by atoms with E-state index in [9.17, 15) is 4.79 Å². The van der Waals surface area contributed by atoms with Gasteiger partial charge in [0.15, 0.2) is 0 Å². The van der Waals surface area contributed by atoms with Crippen molar-refractivity contribution < 1.29 is 9.53 Å². The van der Waals surface area contributed by atoms with Crippen LogP contribution < -0.4 is 5.32 Å². The van der Waals surface area contributed by atoms with Gasteiger partial charge in [-0.1, -0.05) is 0 Å². The molecule has 3 heteroatoms. The van der Waals surface area contributed by atoms with Gasteiger partial charge in [-0.3, -0.25) is 4.79 Å². The van der Waals surface area contributed by atoms with E-state index in [1.165, 1.54) is 6.42 Å². The van der Waals surface area contributed by atoms with Crippen molar-refractivity contribution in [3.8, 4) is 0 Å². The number of hydrogen-bond acceptors (Lipinski definition) is 3. The minimum Gasteiger partial charge on any atom is -0.460 e. The molecule has 1 saturated carbocycles. The Morgan fingerprint density at radius 1 is 1.40 bits per heavy atom. The van der Waals surface area contributed by atoms with E-state index in [1.54, 1.807) is 0 Å². The van der Waals surface area contributed by atoms with Gasteiger partial charge in [0.05, 0.1) is 5.92 Å². The average Bonchev–Trinajstić information content (AvgIpc) is 2.71. The standard InChI is InChI=1S/C12H21NO2/c1-12(2,3)15-11(14)10-6-9(10)8-4-5-13-7-8/h8-10,13H,4-7H2,1-3H3/t8?,9-,10+/m0/s1. The van der Waals surface area contributed by atoms with E-state index in [4.69, 9.17) is 4.74 Å². The molecule has 0 bridgehead atoms. The van der Waals surface area contributed by atoms with Crippen molar-refractivity contribution in [2.75, 3.05) is 13.1 Å². The van der Waals surface area contributed by atoms with Crippen LogP contribution in [0.25, 0.3) is 0 Å². The molecule has 1 heterocycles. The fourth-order valence-electron chi connectivity index (χ4n) is 2.43. The lowest BCUT2D eigenvalue weighted by atomic mass is 10.0. The SMILES string of the molecule is CC(C)(C)OC(=O)[C@@H]1C[C@H]1C1CCNC1. The summed E-state index contributed by atoms with van der Waals surface area (Å²) in [5, 5.41) is 3.35. The Morgan fingerprint density at radius 2 is 2.13 bits per heavy atom. The van der Waals surface area contributed by atoms with E-state index in [1.807, 2.05) is 20.8 Å². The van der Waals surface area contributed by atoms with E-state index in [-0.39, 0.29) is 17.5 Å². The Labute approximate surface area is 91.6 Å². The molecule has 2 rings (SSSR count). The Morgan fingerprint density at radius 3 is 2.67 bits per heavy atom. The number of rotatable bonds is 2. The second-order valence-corrected chi connectivity index (χ2v) is 5.79. The topological polar surface area (TPSA) is 38.3 Å². The van der Waals surface area contributed by atoms with Crippen LogP contribution in [0, 0.1) is 17.8 Å². The van der Waals surface area contributed by atoms with Crippen LogP contribution in [0.1, 0.15) is 33.6 Å². The number of nitrogens with one attached hydrogen (secondary N) is 1. The molecule has 1 unspecified atom stereocenters. The zero-order valence-electron chi connectivity index (χ0n) is 9.88. The third-order valence-corrected chi connectivity index (χ3v) is 3.25. The van der Waals surface area contributed by atoms with Gasteiger partial charge in [0.2, 0.25) is 0 Å². The van der Waals surface area contributed by atoms with Crippen molar-refractivity contribution in [1.29, 1.82) is 0 Å². The van der Waals surface area contributed by atoms with E-state index in [2.05, 4.69) is 5.32 Å². The molecule has 0 aromatic rings. The second kappa shape index (κ2) is 3.78. The van der Waals surface area contributed by atoms with Crippen molar-refractivity contribution in [1.82, 2.24) is 5.32 Å². The first-order valence-electron chi connectivity index (χ1n) is 5.91. The molecule has 0 aromatic heterocycles. The molecule has 0 spiro atoms. The molecule has 2 fully saturated rings. The van der Waals surface area contributed by atoms with Gasteiger partial charge >= 0.3 is 5.97 Å². The Hall–Kier alpha value is -0.570. The zero-order chi connectivity index (χ0) is 11.1. The van der Waals surface area contributed by atoms with Crippen molar-refractivity contribution in [2.45, 2.75) is 39.2 Å². The van der Waals surface area contributed by atoms with E-state index in [0.717, 1.165) is 19.5 Å². The highest BCUT2D eigenvalue weighted by Crippen LogP contribution is 2.47. The van der Waals surface area contributed by atoms with E-state index in [0.29, 0.717) is 11.8 Å². The molecule has 0 amide bonds. The summed E-state index contributed by atoms with van der Waals surface area (Å²) in [6.45, 7) is 7.99. The highest BCUT2D eigenvalue weighted by atomic mass is 16.6. The molecular formula is C12H21NO2. The minimum atomic E-state index is -0.335. The van der Waals surface area contributed by atoms with Gasteiger partial charge in [-0.05, 0) is 58.5 Å². The van der Waals surface area contributed by atoms with Gasteiger partial charge < -0.3 is 10.1 Å². The van der Waals surface area contributed by atoms with E-state index < -0.39 is 0 Å². The second-order valence-electron chi connectivity index (χ2n) is 5.79. The van der Waals surface area contributed by atoms with Crippen LogP contribution in [0.4, 0.5) is 0 Å². The third-order valence-electron chi connectivity index (χ3n) is 3.25. The summed E-state index contributed by atoms with van der Waals surface area (Å²) in [5.74, 6) is 1.51. The van der Waals surface area contributed by atoms with Crippen molar-refractivity contribution >= 4 is 5.97 Å². The molecule has 1 saturated heterocycles. The first kappa shape index (κ1) is 10.9. The number of carbonyl (C=O) groups excluding carboxylic acids is 1. The Kier molecular flexibility index (Phi) is 2.75. The summed E-state index contributed by atoms with van der Waals surface area (Å²) < 4.78 is 5.39. The van der Waals surface area contributed by atoms with Crippen molar-refractivity contribution in [2.24, 2.45) is 17.8 Å². The highest BCUT2D eigenvalue weighted by Gasteiger charge is 2.49. The molecule has 0 radical (unpaired) electrons. The summed E-state index contributed by atoms with van der Waals surface area (Å²) in [4.78, 5) is 11.7. The summed E-state index contributed by atoms with van der Waals surface area (Å²) in [6.07, 6.45) is 2.27.